The Hall–Kier alpha value is -1.57. The lowest BCUT2D eigenvalue weighted by Crippen LogP contribution is -1.99. The molecule has 90 valence electrons. The highest BCUT2D eigenvalue weighted by molar-refractivity contribution is 5.92. The first-order valence-corrected chi connectivity index (χ1v) is 5.92. The molecule has 2 rings (SSSR count). The number of rotatable bonds is 0. The third kappa shape index (κ3) is 1.51. The SMILES string of the molecule is Cc1nc2c(C)c(C)c(O)c(C)c2c(C)c1C. The molecule has 0 spiro atoms. The van der Waals surface area contributed by atoms with E-state index in [1.54, 1.807) is 0 Å². The Morgan fingerprint density at radius 2 is 1.29 bits per heavy atom. The average Bonchev–Trinajstić information content (AvgIpc) is 2.30. The quantitative estimate of drug-likeness (QED) is 0.745. The number of pyridine rings is 1. The van der Waals surface area contributed by atoms with Crippen molar-refractivity contribution in [2.24, 2.45) is 0 Å². The first-order valence-electron chi connectivity index (χ1n) is 5.92. The number of hydrogen-bond donors (Lipinski definition) is 1. The van der Waals surface area contributed by atoms with Gasteiger partial charge in [0.15, 0.2) is 0 Å². The largest absolute Gasteiger partial charge is 0.507 e. The van der Waals surface area contributed by atoms with Crippen LogP contribution >= 0.6 is 0 Å². The Bertz CT molecular complexity index is 619. The molecule has 2 heteroatoms. The molecule has 0 saturated heterocycles. The van der Waals surface area contributed by atoms with Gasteiger partial charge < -0.3 is 5.11 Å². The second kappa shape index (κ2) is 3.73. The molecule has 1 aromatic heterocycles. The number of hydrogen-bond acceptors (Lipinski definition) is 2. The Morgan fingerprint density at radius 1 is 0.706 bits per heavy atom. The highest BCUT2D eigenvalue weighted by Gasteiger charge is 2.15. The average molecular weight is 229 g/mol. The van der Waals surface area contributed by atoms with Crippen molar-refractivity contribution in [3.8, 4) is 5.75 Å². The number of phenols is 1. The predicted molar refractivity (Wildman–Crippen MR) is 71.8 cm³/mol. The highest BCUT2D eigenvalue weighted by Crippen LogP contribution is 2.35. The van der Waals surface area contributed by atoms with E-state index in [1.807, 2.05) is 27.7 Å². The molecular weight excluding hydrogens is 210 g/mol. The van der Waals surface area contributed by atoms with E-state index in [0.717, 1.165) is 33.3 Å². The minimum absolute atomic E-state index is 0.406. The van der Waals surface area contributed by atoms with Crippen LogP contribution in [0.2, 0.25) is 0 Å². The normalized spacial score (nSPS) is 11.2. The standard InChI is InChI=1S/C15H19NO/c1-7-8(2)13-11(5)15(17)10(4)9(3)14(13)16-12(7)6/h17H,1-6H3. The summed E-state index contributed by atoms with van der Waals surface area (Å²) < 4.78 is 0. The Morgan fingerprint density at radius 3 is 1.88 bits per heavy atom. The zero-order chi connectivity index (χ0) is 12.9. The van der Waals surface area contributed by atoms with Crippen LogP contribution in [0.1, 0.15) is 33.5 Å². The molecule has 0 aliphatic carbocycles. The molecule has 17 heavy (non-hydrogen) atoms. The lowest BCUT2D eigenvalue weighted by molar-refractivity contribution is 0.467. The molecule has 0 atom stereocenters. The molecule has 1 aromatic carbocycles. The topological polar surface area (TPSA) is 33.1 Å². The van der Waals surface area contributed by atoms with Gasteiger partial charge in [0.1, 0.15) is 5.75 Å². The van der Waals surface area contributed by atoms with Crippen molar-refractivity contribution in [1.29, 1.82) is 0 Å². The summed E-state index contributed by atoms with van der Waals surface area (Å²) in [6.07, 6.45) is 0. The number of aromatic hydroxyl groups is 1. The van der Waals surface area contributed by atoms with E-state index in [1.165, 1.54) is 11.1 Å². The molecule has 0 saturated carbocycles. The minimum atomic E-state index is 0.406. The van der Waals surface area contributed by atoms with Crippen molar-refractivity contribution < 1.29 is 5.11 Å². The van der Waals surface area contributed by atoms with E-state index in [-0.39, 0.29) is 0 Å². The van der Waals surface area contributed by atoms with Crippen LogP contribution in [0.15, 0.2) is 0 Å². The molecule has 0 fully saturated rings. The first kappa shape index (κ1) is 11.9. The van der Waals surface area contributed by atoms with Crippen LogP contribution in [-0.2, 0) is 0 Å². The van der Waals surface area contributed by atoms with Crippen LogP contribution in [0.4, 0.5) is 0 Å². The van der Waals surface area contributed by atoms with E-state index in [4.69, 9.17) is 0 Å². The highest BCUT2D eigenvalue weighted by atomic mass is 16.3. The molecule has 0 aliphatic heterocycles. The second-order valence-corrected chi connectivity index (χ2v) is 4.89. The zero-order valence-electron chi connectivity index (χ0n) is 11.4. The van der Waals surface area contributed by atoms with Gasteiger partial charge in [-0.05, 0) is 63.8 Å². The molecule has 0 bridgehead atoms. The van der Waals surface area contributed by atoms with Gasteiger partial charge in [-0.3, -0.25) is 4.98 Å². The Balaban J connectivity index is 3.12. The minimum Gasteiger partial charge on any atom is -0.507 e. The lowest BCUT2D eigenvalue weighted by Gasteiger charge is -2.16. The third-order valence-corrected chi connectivity index (χ3v) is 4.00. The number of aryl methyl sites for hydroxylation is 4. The van der Waals surface area contributed by atoms with E-state index < -0.39 is 0 Å². The summed E-state index contributed by atoms with van der Waals surface area (Å²) in [6.45, 7) is 12.2. The monoisotopic (exact) mass is 229 g/mol. The van der Waals surface area contributed by atoms with Crippen molar-refractivity contribution in [3.05, 3.63) is 33.5 Å². The smallest absolute Gasteiger partial charge is 0.122 e. The van der Waals surface area contributed by atoms with Gasteiger partial charge in [-0.15, -0.1) is 0 Å². The lowest BCUT2D eigenvalue weighted by atomic mass is 9.93. The molecule has 0 unspecified atom stereocenters. The molecular formula is C15H19NO. The summed E-state index contributed by atoms with van der Waals surface area (Å²) in [7, 11) is 0. The molecule has 1 heterocycles. The number of aromatic nitrogens is 1. The van der Waals surface area contributed by atoms with E-state index in [0.29, 0.717) is 5.75 Å². The number of phenolic OH excluding ortho intramolecular Hbond substituents is 1. The van der Waals surface area contributed by atoms with Crippen molar-refractivity contribution in [2.45, 2.75) is 41.5 Å². The van der Waals surface area contributed by atoms with Gasteiger partial charge in [0.2, 0.25) is 0 Å². The fourth-order valence-corrected chi connectivity index (χ4v) is 2.43. The number of fused-ring (bicyclic) bond motifs is 1. The van der Waals surface area contributed by atoms with Crippen LogP contribution in [0.5, 0.6) is 5.75 Å². The fraction of sp³-hybridized carbons (Fsp3) is 0.400. The fourth-order valence-electron chi connectivity index (χ4n) is 2.43. The van der Waals surface area contributed by atoms with Gasteiger partial charge in [-0.2, -0.15) is 0 Å². The maximum Gasteiger partial charge on any atom is 0.122 e. The van der Waals surface area contributed by atoms with Gasteiger partial charge >= 0.3 is 0 Å². The van der Waals surface area contributed by atoms with Crippen molar-refractivity contribution >= 4 is 10.9 Å². The van der Waals surface area contributed by atoms with Crippen LogP contribution in [0, 0.1) is 41.5 Å². The summed E-state index contributed by atoms with van der Waals surface area (Å²) in [5.41, 5.74) is 7.49. The van der Waals surface area contributed by atoms with Crippen molar-refractivity contribution in [2.75, 3.05) is 0 Å². The summed E-state index contributed by atoms with van der Waals surface area (Å²) in [5, 5.41) is 11.2. The molecule has 2 aromatic rings. The second-order valence-electron chi connectivity index (χ2n) is 4.89. The van der Waals surface area contributed by atoms with Gasteiger partial charge in [0, 0.05) is 16.6 Å². The van der Waals surface area contributed by atoms with Crippen molar-refractivity contribution in [3.63, 3.8) is 0 Å². The van der Waals surface area contributed by atoms with Gasteiger partial charge in [0.25, 0.3) is 0 Å². The van der Waals surface area contributed by atoms with Crippen LogP contribution in [-0.4, -0.2) is 10.1 Å². The zero-order valence-corrected chi connectivity index (χ0v) is 11.4. The molecule has 2 nitrogen and oxygen atoms in total. The number of nitrogens with zero attached hydrogens (tertiary/aromatic N) is 1. The summed E-state index contributed by atoms with van der Waals surface area (Å²) >= 11 is 0. The summed E-state index contributed by atoms with van der Waals surface area (Å²) in [6, 6.07) is 0. The summed E-state index contributed by atoms with van der Waals surface area (Å²) in [4.78, 5) is 4.69. The molecule has 0 amide bonds. The third-order valence-electron chi connectivity index (χ3n) is 4.00. The van der Waals surface area contributed by atoms with Crippen LogP contribution in [0.25, 0.3) is 10.9 Å². The van der Waals surface area contributed by atoms with Crippen LogP contribution in [0.3, 0.4) is 0 Å². The predicted octanol–water partition coefficient (Wildman–Crippen LogP) is 3.79. The van der Waals surface area contributed by atoms with Gasteiger partial charge in [0.05, 0.1) is 5.52 Å². The maximum atomic E-state index is 10.1. The van der Waals surface area contributed by atoms with Gasteiger partial charge in [-0.25, -0.2) is 0 Å². The maximum absolute atomic E-state index is 10.1. The van der Waals surface area contributed by atoms with E-state index >= 15 is 0 Å². The van der Waals surface area contributed by atoms with Crippen molar-refractivity contribution in [1.82, 2.24) is 4.98 Å². The van der Waals surface area contributed by atoms with E-state index in [9.17, 15) is 5.11 Å². The Kier molecular flexibility index (Phi) is 2.61. The van der Waals surface area contributed by atoms with E-state index in [2.05, 4.69) is 18.8 Å². The molecule has 0 radical (unpaired) electrons. The molecule has 1 N–H and O–H groups in total. The number of benzene rings is 1. The first-order chi connectivity index (χ1) is 7.86. The van der Waals surface area contributed by atoms with Gasteiger partial charge in [-0.1, -0.05) is 0 Å². The Labute approximate surface area is 102 Å². The molecule has 0 aliphatic rings. The van der Waals surface area contributed by atoms with Crippen LogP contribution < -0.4 is 0 Å². The summed E-state index contributed by atoms with van der Waals surface area (Å²) in [5.74, 6) is 0.406.